The fraction of sp³-hybridized carbons (Fsp3) is 0.320. The maximum atomic E-state index is 13.1. The first kappa shape index (κ1) is 20.2. The second kappa shape index (κ2) is 9.63. The summed E-state index contributed by atoms with van der Waals surface area (Å²) in [6.07, 6.45) is 5.81. The Morgan fingerprint density at radius 3 is 2.57 bits per heavy atom. The van der Waals surface area contributed by atoms with Gasteiger partial charge in [-0.05, 0) is 68.1 Å². The van der Waals surface area contributed by atoms with Crippen LogP contribution in [0.5, 0.6) is 0 Å². The van der Waals surface area contributed by atoms with Gasteiger partial charge < -0.3 is 5.32 Å². The fourth-order valence-corrected chi connectivity index (χ4v) is 4.27. The third-order valence-electron chi connectivity index (χ3n) is 5.81. The van der Waals surface area contributed by atoms with Crippen LogP contribution >= 0.6 is 0 Å². The Balaban J connectivity index is 1.53. The van der Waals surface area contributed by atoms with Crippen LogP contribution in [0.25, 0.3) is 0 Å². The molecule has 1 amide bonds. The van der Waals surface area contributed by atoms with E-state index in [4.69, 9.17) is 0 Å². The Bertz CT molecular complexity index is 961. The second-order valence-electron chi connectivity index (χ2n) is 7.98. The maximum absolute atomic E-state index is 13.1. The van der Waals surface area contributed by atoms with Gasteiger partial charge in [0.2, 0.25) is 0 Å². The molecule has 1 aliphatic rings. The van der Waals surface area contributed by atoms with Gasteiger partial charge in [0.05, 0.1) is 17.4 Å². The highest BCUT2D eigenvalue weighted by Crippen LogP contribution is 2.30. The van der Waals surface area contributed by atoms with Gasteiger partial charge in [-0.3, -0.25) is 19.7 Å². The highest BCUT2D eigenvalue weighted by molar-refractivity contribution is 5.95. The number of hydrogen-bond acceptors (Lipinski definition) is 4. The number of nitrogens with one attached hydrogen (secondary N) is 1. The van der Waals surface area contributed by atoms with E-state index in [0.717, 1.165) is 55.0 Å². The van der Waals surface area contributed by atoms with Crippen LogP contribution in [0.3, 0.4) is 0 Å². The summed E-state index contributed by atoms with van der Waals surface area (Å²) in [6, 6.07) is 19.6. The number of nitrogens with zero attached hydrogens (tertiary/aromatic N) is 3. The van der Waals surface area contributed by atoms with Crippen molar-refractivity contribution in [2.45, 2.75) is 32.4 Å². The molecule has 5 nitrogen and oxygen atoms in total. The lowest BCUT2D eigenvalue weighted by Gasteiger charge is -2.37. The van der Waals surface area contributed by atoms with E-state index in [1.807, 2.05) is 67.7 Å². The number of rotatable bonds is 6. The van der Waals surface area contributed by atoms with Gasteiger partial charge in [-0.1, -0.05) is 30.3 Å². The van der Waals surface area contributed by atoms with Crippen molar-refractivity contribution in [1.82, 2.24) is 20.2 Å². The van der Waals surface area contributed by atoms with Crippen molar-refractivity contribution in [3.8, 4) is 0 Å². The third kappa shape index (κ3) is 4.92. The van der Waals surface area contributed by atoms with Crippen LogP contribution in [0, 0.1) is 12.8 Å². The molecule has 2 atom stereocenters. The molecule has 1 saturated heterocycles. The predicted molar refractivity (Wildman–Crippen MR) is 118 cm³/mol. The molecule has 0 aliphatic carbocycles. The first-order valence-electron chi connectivity index (χ1n) is 10.6. The van der Waals surface area contributed by atoms with Crippen molar-refractivity contribution in [2.24, 2.45) is 5.92 Å². The summed E-state index contributed by atoms with van der Waals surface area (Å²) in [5, 5.41) is 3.30. The molecule has 1 aliphatic heterocycles. The van der Waals surface area contributed by atoms with Crippen LogP contribution in [-0.2, 0) is 6.54 Å². The molecule has 0 radical (unpaired) electrons. The van der Waals surface area contributed by atoms with E-state index in [0.29, 0.717) is 5.92 Å². The molecule has 0 spiro atoms. The predicted octanol–water partition coefficient (Wildman–Crippen LogP) is 4.17. The van der Waals surface area contributed by atoms with Gasteiger partial charge >= 0.3 is 0 Å². The van der Waals surface area contributed by atoms with Crippen molar-refractivity contribution in [3.05, 3.63) is 95.6 Å². The lowest BCUT2D eigenvalue weighted by molar-refractivity contribution is 0.0873. The van der Waals surface area contributed by atoms with E-state index in [2.05, 4.69) is 26.3 Å². The largest absolute Gasteiger partial charge is 0.343 e. The summed E-state index contributed by atoms with van der Waals surface area (Å²) in [7, 11) is 0. The van der Waals surface area contributed by atoms with Crippen LogP contribution in [0.1, 0.15) is 46.2 Å². The molecule has 4 rings (SSSR count). The Morgan fingerprint density at radius 2 is 1.83 bits per heavy atom. The highest BCUT2D eigenvalue weighted by atomic mass is 16.1. The molecule has 3 heterocycles. The lowest BCUT2D eigenvalue weighted by atomic mass is 9.88. The molecule has 0 bridgehead atoms. The van der Waals surface area contributed by atoms with E-state index in [1.165, 1.54) is 0 Å². The number of likely N-dealkylation sites (tertiary alicyclic amines) is 1. The SMILES string of the molecule is Cc1ccccc1C(=O)N[C@@H](c1ccccn1)[C@@H]1CCCN(Cc2ccccn2)C1. The molecule has 1 fully saturated rings. The summed E-state index contributed by atoms with van der Waals surface area (Å²) < 4.78 is 0. The second-order valence-corrected chi connectivity index (χ2v) is 7.98. The smallest absolute Gasteiger partial charge is 0.252 e. The molecule has 5 heteroatoms. The first-order chi connectivity index (χ1) is 14.7. The van der Waals surface area contributed by atoms with E-state index >= 15 is 0 Å². The maximum Gasteiger partial charge on any atom is 0.252 e. The van der Waals surface area contributed by atoms with Crippen molar-refractivity contribution >= 4 is 5.91 Å². The molecule has 0 saturated carbocycles. The number of hydrogen-bond donors (Lipinski definition) is 1. The normalized spacial score (nSPS) is 18.0. The lowest BCUT2D eigenvalue weighted by Crippen LogP contribution is -2.43. The molecule has 154 valence electrons. The van der Waals surface area contributed by atoms with Crippen LogP contribution in [0.15, 0.2) is 73.1 Å². The van der Waals surface area contributed by atoms with Gasteiger partial charge in [-0.25, -0.2) is 0 Å². The molecular weight excluding hydrogens is 372 g/mol. The summed E-state index contributed by atoms with van der Waals surface area (Å²) in [5.41, 5.74) is 3.70. The van der Waals surface area contributed by atoms with Crippen LogP contribution in [0.4, 0.5) is 0 Å². The highest BCUT2D eigenvalue weighted by Gasteiger charge is 2.31. The molecule has 3 aromatic rings. The van der Waals surface area contributed by atoms with Crippen molar-refractivity contribution in [3.63, 3.8) is 0 Å². The van der Waals surface area contributed by atoms with Gasteiger partial charge in [0.1, 0.15) is 0 Å². The fourth-order valence-electron chi connectivity index (χ4n) is 4.27. The molecule has 1 aromatic carbocycles. The van der Waals surface area contributed by atoms with Gasteiger partial charge in [-0.15, -0.1) is 0 Å². The number of aryl methyl sites for hydroxylation is 1. The van der Waals surface area contributed by atoms with Gasteiger partial charge in [0.15, 0.2) is 0 Å². The van der Waals surface area contributed by atoms with E-state index in [9.17, 15) is 4.79 Å². The number of carbonyl (C=O) groups is 1. The number of amides is 1. The molecule has 0 unspecified atom stereocenters. The minimum absolute atomic E-state index is 0.0365. The Kier molecular flexibility index (Phi) is 6.50. The molecular formula is C25H28N4O. The summed E-state index contributed by atoms with van der Waals surface area (Å²) in [5.74, 6) is 0.260. The quantitative estimate of drug-likeness (QED) is 0.675. The molecule has 30 heavy (non-hydrogen) atoms. The van der Waals surface area contributed by atoms with Gasteiger partial charge in [0.25, 0.3) is 5.91 Å². The monoisotopic (exact) mass is 400 g/mol. The van der Waals surface area contributed by atoms with Crippen LogP contribution < -0.4 is 5.32 Å². The Morgan fingerprint density at radius 1 is 1.07 bits per heavy atom. The van der Waals surface area contributed by atoms with Crippen molar-refractivity contribution in [1.29, 1.82) is 0 Å². The molecule has 1 N–H and O–H groups in total. The van der Waals surface area contributed by atoms with Gasteiger partial charge in [0, 0.05) is 31.0 Å². The van der Waals surface area contributed by atoms with E-state index in [1.54, 1.807) is 6.20 Å². The number of carbonyl (C=O) groups excluding carboxylic acids is 1. The van der Waals surface area contributed by atoms with E-state index in [-0.39, 0.29) is 11.9 Å². The van der Waals surface area contributed by atoms with E-state index < -0.39 is 0 Å². The average molecular weight is 401 g/mol. The zero-order valence-corrected chi connectivity index (χ0v) is 17.4. The van der Waals surface area contributed by atoms with Crippen LogP contribution in [-0.4, -0.2) is 33.9 Å². The number of benzene rings is 1. The number of piperidine rings is 1. The topological polar surface area (TPSA) is 58.1 Å². The summed E-state index contributed by atoms with van der Waals surface area (Å²) in [6.45, 7) is 4.76. The first-order valence-corrected chi connectivity index (χ1v) is 10.6. The Labute approximate surface area is 178 Å². The minimum Gasteiger partial charge on any atom is -0.343 e. The van der Waals surface area contributed by atoms with Crippen molar-refractivity contribution < 1.29 is 4.79 Å². The van der Waals surface area contributed by atoms with Crippen LogP contribution in [0.2, 0.25) is 0 Å². The minimum atomic E-state index is -0.121. The average Bonchev–Trinajstić information content (AvgIpc) is 2.79. The number of pyridine rings is 2. The van der Waals surface area contributed by atoms with Gasteiger partial charge in [-0.2, -0.15) is 0 Å². The standard InChI is InChI=1S/C25H28N4O/c1-19-9-2-3-12-22(19)25(30)28-24(23-13-5-7-15-27-23)20-10-8-16-29(17-20)18-21-11-4-6-14-26-21/h2-7,9,11-15,20,24H,8,10,16-18H2,1H3,(H,28,30)/t20-,24-/m1/s1. The third-order valence-corrected chi connectivity index (χ3v) is 5.81. The zero-order valence-electron chi connectivity index (χ0n) is 17.4. The Hall–Kier alpha value is -3.05. The zero-order chi connectivity index (χ0) is 20.8. The number of aromatic nitrogens is 2. The van der Waals surface area contributed by atoms with Crippen molar-refractivity contribution in [2.75, 3.05) is 13.1 Å². The summed E-state index contributed by atoms with van der Waals surface area (Å²) in [4.78, 5) is 24.6. The molecule has 2 aromatic heterocycles. The summed E-state index contributed by atoms with van der Waals surface area (Å²) >= 11 is 0.